The van der Waals surface area contributed by atoms with Gasteiger partial charge in [-0.3, -0.25) is 0 Å². The summed E-state index contributed by atoms with van der Waals surface area (Å²) in [4.78, 5) is 12.1. The predicted molar refractivity (Wildman–Crippen MR) is 88.7 cm³/mol. The van der Waals surface area contributed by atoms with Crippen molar-refractivity contribution in [1.82, 2.24) is 0 Å². The summed E-state index contributed by atoms with van der Waals surface area (Å²) in [5.41, 5.74) is -0.401. The minimum atomic E-state index is -1.21. The number of carbonyl (C=O) groups is 1. The zero-order chi connectivity index (χ0) is 16.7. The van der Waals surface area contributed by atoms with Crippen molar-refractivity contribution in [2.75, 3.05) is 6.61 Å². The normalized spacial score (nSPS) is 54.7. The number of esters is 1. The summed E-state index contributed by atoms with van der Waals surface area (Å²) in [6.07, 6.45) is 7.90. The maximum atomic E-state index is 12.1. The van der Waals surface area contributed by atoms with Crippen LogP contribution < -0.4 is 0 Å². The number of carbonyl (C=O) groups excluding carboxylic acids is 1. The van der Waals surface area contributed by atoms with Crippen molar-refractivity contribution in [3.8, 4) is 0 Å². The van der Waals surface area contributed by atoms with Crippen LogP contribution in [0.25, 0.3) is 0 Å². The van der Waals surface area contributed by atoms with Gasteiger partial charge in [-0.05, 0) is 66.6 Å². The Morgan fingerprint density at radius 2 is 1.57 bits per heavy atom. The zero-order valence-corrected chi connectivity index (χ0v) is 15.2. The van der Waals surface area contributed by atoms with Gasteiger partial charge in [0.25, 0.3) is 0 Å². The second-order valence-corrected chi connectivity index (χ2v) is 10.1. The SMILES string of the molecule is CC1(C)CCC[C@]2(C)[C@H]3CC[C@]4(O)C(=O)OC[C@@H]4[C@]3(C)CC[C@@H]12. The summed E-state index contributed by atoms with van der Waals surface area (Å²) in [5, 5.41) is 11.0. The Hall–Kier alpha value is -0.570. The molecule has 1 N–H and O–H groups in total. The van der Waals surface area contributed by atoms with Crippen molar-refractivity contribution in [2.24, 2.45) is 34.0 Å². The van der Waals surface area contributed by atoms with Crippen molar-refractivity contribution < 1.29 is 14.6 Å². The molecule has 3 heteroatoms. The van der Waals surface area contributed by atoms with Crippen LogP contribution in [0.2, 0.25) is 0 Å². The van der Waals surface area contributed by atoms with Gasteiger partial charge >= 0.3 is 5.97 Å². The van der Waals surface area contributed by atoms with Crippen molar-refractivity contribution >= 4 is 5.97 Å². The molecule has 0 aromatic heterocycles. The van der Waals surface area contributed by atoms with Crippen LogP contribution in [0, 0.1) is 34.0 Å². The van der Waals surface area contributed by atoms with E-state index in [2.05, 4.69) is 27.7 Å². The molecule has 1 heterocycles. The third kappa shape index (κ3) is 1.83. The Bertz CT molecular complexity index is 541. The molecule has 0 radical (unpaired) electrons. The molecule has 1 aliphatic heterocycles. The third-order valence-electron chi connectivity index (χ3n) is 8.76. The number of rotatable bonds is 0. The fraction of sp³-hybridized carbons (Fsp3) is 0.950. The largest absolute Gasteiger partial charge is 0.463 e. The molecule has 0 bridgehead atoms. The Labute approximate surface area is 140 Å². The summed E-state index contributed by atoms with van der Waals surface area (Å²) in [6.45, 7) is 10.2. The van der Waals surface area contributed by atoms with E-state index in [-0.39, 0.29) is 17.3 Å². The molecule has 0 amide bonds. The second kappa shape index (κ2) is 4.53. The second-order valence-electron chi connectivity index (χ2n) is 10.1. The molecule has 0 unspecified atom stereocenters. The molecule has 0 aromatic rings. The molecule has 1 saturated heterocycles. The van der Waals surface area contributed by atoms with Crippen LogP contribution in [-0.4, -0.2) is 23.3 Å². The molecule has 0 spiro atoms. The molecule has 4 aliphatic rings. The lowest BCUT2D eigenvalue weighted by Gasteiger charge is -2.66. The molecule has 4 fully saturated rings. The predicted octanol–water partition coefficient (Wildman–Crippen LogP) is 3.93. The van der Waals surface area contributed by atoms with E-state index in [0.717, 1.165) is 18.8 Å². The first-order valence-corrected chi connectivity index (χ1v) is 9.54. The highest BCUT2D eigenvalue weighted by molar-refractivity contribution is 5.82. The molecule has 4 rings (SSSR count). The molecular formula is C20H32O3. The van der Waals surface area contributed by atoms with Crippen molar-refractivity contribution in [3.05, 3.63) is 0 Å². The lowest BCUT2D eigenvalue weighted by molar-refractivity contribution is -0.202. The monoisotopic (exact) mass is 320 g/mol. The molecule has 23 heavy (non-hydrogen) atoms. The standard InChI is InChI=1S/C20H32O3/c1-17(2)8-5-9-18(3)13(17)6-10-19(4)14(18)7-11-20(22)15(19)12-23-16(20)21/h13-15,22H,5-12H2,1-4H3/t13-,14+,15+,18-,19+,20+/m0/s1. The van der Waals surface area contributed by atoms with E-state index in [4.69, 9.17) is 4.74 Å². The maximum Gasteiger partial charge on any atom is 0.338 e. The van der Waals surface area contributed by atoms with Gasteiger partial charge in [-0.25, -0.2) is 4.79 Å². The van der Waals surface area contributed by atoms with Gasteiger partial charge in [-0.2, -0.15) is 0 Å². The summed E-state index contributed by atoms with van der Waals surface area (Å²) >= 11 is 0. The Balaban J connectivity index is 1.75. The van der Waals surface area contributed by atoms with Crippen LogP contribution in [0.4, 0.5) is 0 Å². The molecule has 0 aromatic carbocycles. The fourth-order valence-corrected chi connectivity index (χ4v) is 7.70. The van der Waals surface area contributed by atoms with Crippen molar-refractivity contribution in [3.63, 3.8) is 0 Å². The summed E-state index contributed by atoms with van der Waals surface area (Å²) < 4.78 is 5.34. The quantitative estimate of drug-likeness (QED) is 0.688. The van der Waals surface area contributed by atoms with E-state index >= 15 is 0 Å². The molecular weight excluding hydrogens is 288 g/mol. The third-order valence-corrected chi connectivity index (χ3v) is 8.76. The number of fused-ring (bicyclic) bond motifs is 5. The topological polar surface area (TPSA) is 46.5 Å². The van der Waals surface area contributed by atoms with E-state index in [9.17, 15) is 9.90 Å². The maximum absolute atomic E-state index is 12.1. The highest BCUT2D eigenvalue weighted by atomic mass is 16.6. The Morgan fingerprint density at radius 1 is 0.913 bits per heavy atom. The van der Waals surface area contributed by atoms with Crippen molar-refractivity contribution in [1.29, 1.82) is 0 Å². The lowest BCUT2D eigenvalue weighted by atomic mass is 9.38. The number of cyclic esters (lactones) is 1. The number of hydrogen-bond acceptors (Lipinski definition) is 3. The van der Waals surface area contributed by atoms with Gasteiger partial charge in [-0.1, -0.05) is 34.1 Å². The smallest absolute Gasteiger partial charge is 0.338 e. The van der Waals surface area contributed by atoms with Crippen molar-refractivity contribution in [2.45, 2.75) is 78.2 Å². The minimum Gasteiger partial charge on any atom is -0.463 e. The first-order valence-electron chi connectivity index (χ1n) is 9.54. The van der Waals surface area contributed by atoms with E-state index in [1.54, 1.807) is 0 Å². The Kier molecular flexibility index (Phi) is 3.14. The summed E-state index contributed by atoms with van der Waals surface area (Å²) in [6, 6.07) is 0. The molecule has 3 aliphatic carbocycles. The van der Waals surface area contributed by atoms with Gasteiger partial charge in [0.15, 0.2) is 5.60 Å². The van der Waals surface area contributed by atoms with Crippen LogP contribution >= 0.6 is 0 Å². The number of aliphatic hydroxyl groups is 1. The van der Waals surface area contributed by atoms with E-state index in [1.165, 1.54) is 25.7 Å². The van der Waals surface area contributed by atoms with Crippen LogP contribution in [-0.2, 0) is 9.53 Å². The number of hydrogen-bond donors (Lipinski definition) is 1. The van der Waals surface area contributed by atoms with E-state index in [1.807, 2.05) is 0 Å². The van der Waals surface area contributed by atoms with E-state index < -0.39 is 5.60 Å². The highest BCUT2D eigenvalue weighted by Gasteiger charge is 2.68. The number of ether oxygens (including phenoxy) is 1. The average Bonchev–Trinajstić information content (AvgIpc) is 2.74. The summed E-state index contributed by atoms with van der Waals surface area (Å²) in [7, 11) is 0. The molecule has 130 valence electrons. The summed E-state index contributed by atoms with van der Waals surface area (Å²) in [5.74, 6) is 1.00. The van der Waals surface area contributed by atoms with Gasteiger partial charge in [0, 0.05) is 5.92 Å². The fourth-order valence-electron chi connectivity index (χ4n) is 7.70. The van der Waals surface area contributed by atoms with Crippen LogP contribution in [0.15, 0.2) is 0 Å². The highest BCUT2D eigenvalue weighted by Crippen LogP contribution is 2.70. The first-order chi connectivity index (χ1) is 10.6. The molecule has 6 atom stereocenters. The average molecular weight is 320 g/mol. The van der Waals surface area contributed by atoms with Crippen LogP contribution in [0.3, 0.4) is 0 Å². The van der Waals surface area contributed by atoms with Crippen LogP contribution in [0.5, 0.6) is 0 Å². The lowest BCUT2D eigenvalue weighted by Crippen LogP contribution is -2.63. The van der Waals surface area contributed by atoms with Gasteiger partial charge in [0.05, 0.1) is 6.61 Å². The van der Waals surface area contributed by atoms with Gasteiger partial charge < -0.3 is 9.84 Å². The minimum absolute atomic E-state index is 0.0101. The van der Waals surface area contributed by atoms with E-state index in [0.29, 0.717) is 29.8 Å². The molecule has 3 saturated carbocycles. The molecule has 3 nitrogen and oxygen atoms in total. The van der Waals surface area contributed by atoms with Crippen LogP contribution in [0.1, 0.15) is 72.6 Å². The first kappa shape index (κ1) is 15.9. The van der Waals surface area contributed by atoms with Gasteiger partial charge in [0.2, 0.25) is 0 Å². The Morgan fingerprint density at radius 3 is 2.30 bits per heavy atom. The van der Waals surface area contributed by atoms with Gasteiger partial charge in [-0.15, -0.1) is 0 Å². The van der Waals surface area contributed by atoms with Gasteiger partial charge in [0.1, 0.15) is 0 Å². The zero-order valence-electron chi connectivity index (χ0n) is 15.2.